The molecular weight excluding hydrogens is 748 g/mol. The molecule has 0 bridgehead atoms. The monoisotopic (exact) mass is 790 g/mol. The van der Waals surface area contributed by atoms with Crippen molar-refractivity contribution in [2.45, 2.75) is 69.0 Å². The fourth-order valence-corrected chi connectivity index (χ4v) is 11.6. The summed E-state index contributed by atoms with van der Waals surface area (Å²) in [5, 5.41) is 27.9. The van der Waals surface area contributed by atoms with Crippen molar-refractivity contribution in [2.24, 2.45) is 0 Å². The normalized spacial score (nSPS) is 21.9. The number of aliphatic hydroxyl groups is 2. The van der Waals surface area contributed by atoms with Gasteiger partial charge in [0.25, 0.3) is 0 Å². The van der Waals surface area contributed by atoms with Gasteiger partial charge in [0, 0.05) is 26.3 Å². The second-order valence-electron chi connectivity index (χ2n) is 18.1. The van der Waals surface area contributed by atoms with Crippen LogP contribution in [0.15, 0.2) is 144 Å². The van der Waals surface area contributed by atoms with E-state index in [2.05, 4.69) is 173 Å². The molecule has 2 N–H and O–H groups in total. The van der Waals surface area contributed by atoms with E-state index in [1.807, 2.05) is 24.3 Å². The van der Waals surface area contributed by atoms with E-state index in [0.29, 0.717) is 22.3 Å². The molecule has 0 radical (unpaired) electrons. The summed E-state index contributed by atoms with van der Waals surface area (Å²) in [4.78, 5) is 0. The van der Waals surface area contributed by atoms with E-state index in [1.165, 1.54) is 50.1 Å². The van der Waals surface area contributed by atoms with Gasteiger partial charge in [0.05, 0.1) is 0 Å². The van der Waals surface area contributed by atoms with Gasteiger partial charge in [-0.25, -0.2) is 0 Å². The third kappa shape index (κ3) is 4.04. The summed E-state index contributed by atoms with van der Waals surface area (Å²) in [5.74, 6) is 0. The first-order chi connectivity index (χ1) is 26.7. The van der Waals surface area contributed by atoms with E-state index in [1.54, 1.807) is 0 Å². The van der Waals surface area contributed by atoms with E-state index < -0.39 is 11.2 Å². The molecule has 0 fully saturated rings. The Bertz CT molecular complexity index is 2890. The Morgan fingerprint density at radius 3 is 1.20 bits per heavy atom. The average Bonchev–Trinajstić information content (AvgIpc) is 3.68. The van der Waals surface area contributed by atoms with Crippen molar-refractivity contribution in [1.82, 2.24) is 0 Å². The molecule has 4 aliphatic rings. The van der Waals surface area contributed by atoms with Gasteiger partial charge >= 0.3 is 0 Å². The number of benzene rings is 7. The molecule has 56 heavy (non-hydrogen) atoms. The molecule has 3 heteroatoms. The zero-order valence-electron chi connectivity index (χ0n) is 32.6. The van der Waals surface area contributed by atoms with Crippen molar-refractivity contribution in [1.29, 1.82) is 0 Å². The number of halogens is 1. The van der Waals surface area contributed by atoms with Gasteiger partial charge in [0.1, 0.15) is 11.2 Å². The van der Waals surface area contributed by atoms with Crippen LogP contribution in [0.3, 0.4) is 0 Å². The van der Waals surface area contributed by atoms with Crippen molar-refractivity contribution in [3.8, 4) is 33.4 Å². The van der Waals surface area contributed by atoms with Crippen LogP contribution in [0.2, 0.25) is 0 Å². The minimum Gasteiger partial charge on any atom is -0.376 e. The summed E-state index contributed by atoms with van der Waals surface area (Å²) in [6.45, 7) is 13.7. The molecule has 7 aromatic carbocycles. The minimum atomic E-state index is -1.57. The van der Waals surface area contributed by atoms with Gasteiger partial charge in [-0.1, -0.05) is 179 Å². The molecule has 0 spiro atoms. The number of fused-ring (bicyclic) bond motifs is 11. The molecule has 2 nitrogen and oxygen atoms in total. The van der Waals surface area contributed by atoms with E-state index in [4.69, 9.17) is 0 Å². The lowest BCUT2D eigenvalue weighted by Crippen LogP contribution is -2.44. The highest BCUT2D eigenvalue weighted by Crippen LogP contribution is 2.60. The van der Waals surface area contributed by atoms with Crippen molar-refractivity contribution in [3.63, 3.8) is 0 Å². The summed E-state index contributed by atoms with van der Waals surface area (Å²) in [7, 11) is 0. The summed E-state index contributed by atoms with van der Waals surface area (Å²) in [6.07, 6.45) is 0. The maximum absolute atomic E-state index is 13.9. The summed E-state index contributed by atoms with van der Waals surface area (Å²) in [5.41, 5.74) is 14.9. The highest BCUT2D eigenvalue weighted by Gasteiger charge is 2.54. The van der Waals surface area contributed by atoms with Crippen LogP contribution in [0.25, 0.3) is 33.4 Å². The zero-order chi connectivity index (χ0) is 38.7. The highest BCUT2D eigenvalue weighted by molar-refractivity contribution is 9.10. The summed E-state index contributed by atoms with van der Waals surface area (Å²) in [6, 6.07) is 49.4. The fraction of sp³-hybridized carbons (Fsp3) is 0.208. The third-order valence-electron chi connectivity index (χ3n) is 14.3. The van der Waals surface area contributed by atoms with E-state index >= 15 is 0 Å². The SMILES string of the molecule is CC1(C)c2ccccc2-c2ccc(C3(O)c4ccccc4C(O)(c4ccc5c(c4)C(C)(C)c4ccccc4-5)c4cc5c(cc43)-c3ccc(Br)cc3C5(C)C)cc21. The first kappa shape index (κ1) is 34.2. The largest absolute Gasteiger partial charge is 0.376 e. The number of rotatable bonds is 2. The molecule has 0 saturated heterocycles. The maximum atomic E-state index is 13.9. The van der Waals surface area contributed by atoms with Crippen LogP contribution in [-0.2, 0) is 27.4 Å². The number of hydrogen-bond acceptors (Lipinski definition) is 2. The van der Waals surface area contributed by atoms with Crippen LogP contribution < -0.4 is 0 Å². The first-order valence-corrected chi connectivity index (χ1v) is 20.5. The Labute approximate surface area is 337 Å². The first-order valence-electron chi connectivity index (χ1n) is 19.7. The minimum absolute atomic E-state index is 0.250. The average molecular weight is 792 g/mol. The zero-order valence-corrected chi connectivity index (χ0v) is 34.1. The lowest BCUT2D eigenvalue weighted by Gasteiger charge is -2.46. The standard InChI is InChI=1S/C53H43BrO2/c1-49(2)39-15-9-7-13-33(39)35-22-19-30(25-43(35)49)52(55)41-17-11-12-18-42(41)53(56,31-20-23-36-34-14-8-10-16-40(34)50(3,4)44(36)26-31)48-29-46-38(28-47(48)52)37-24-21-32(54)27-45(37)51(46,5)6/h7-29,55-56H,1-6H3. The van der Waals surface area contributed by atoms with Crippen LogP contribution in [0, 0.1) is 0 Å². The Morgan fingerprint density at radius 2 is 0.679 bits per heavy atom. The molecule has 0 heterocycles. The Balaban J connectivity index is 1.22. The van der Waals surface area contributed by atoms with Gasteiger partial charge in [-0.2, -0.15) is 0 Å². The highest BCUT2D eigenvalue weighted by atomic mass is 79.9. The van der Waals surface area contributed by atoms with Gasteiger partial charge in [0.15, 0.2) is 0 Å². The Hall–Kier alpha value is -5.06. The van der Waals surface area contributed by atoms with Crippen molar-refractivity contribution in [2.75, 3.05) is 0 Å². The molecular formula is C53H43BrO2. The molecule has 0 amide bonds. The second kappa shape index (κ2) is 10.9. The lowest BCUT2D eigenvalue weighted by molar-refractivity contribution is 0.0746. The molecule has 0 saturated carbocycles. The molecule has 274 valence electrons. The van der Waals surface area contributed by atoms with Gasteiger partial charge in [0.2, 0.25) is 0 Å². The summed E-state index contributed by atoms with van der Waals surface area (Å²) >= 11 is 3.75. The predicted octanol–water partition coefficient (Wildman–Crippen LogP) is 12.2. The van der Waals surface area contributed by atoms with Gasteiger partial charge in [-0.3, -0.25) is 0 Å². The van der Waals surface area contributed by atoms with Crippen LogP contribution in [0.4, 0.5) is 0 Å². The summed E-state index contributed by atoms with van der Waals surface area (Å²) < 4.78 is 1.03. The van der Waals surface area contributed by atoms with Gasteiger partial charge in [-0.05, 0) is 113 Å². The Morgan fingerprint density at radius 1 is 0.321 bits per heavy atom. The van der Waals surface area contributed by atoms with Gasteiger partial charge < -0.3 is 10.2 Å². The third-order valence-corrected chi connectivity index (χ3v) is 14.8. The van der Waals surface area contributed by atoms with Gasteiger partial charge in [-0.15, -0.1) is 0 Å². The number of hydrogen-bond donors (Lipinski definition) is 2. The van der Waals surface area contributed by atoms with Crippen LogP contribution >= 0.6 is 15.9 Å². The molecule has 2 atom stereocenters. The smallest absolute Gasteiger partial charge is 0.141 e. The van der Waals surface area contributed by atoms with Crippen LogP contribution in [-0.4, -0.2) is 10.2 Å². The fourth-order valence-electron chi connectivity index (χ4n) is 11.2. The van der Waals surface area contributed by atoms with Crippen molar-refractivity contribution >= 4 is 15.9 Å². The lowest BCUT2D eigenvalue weighted by atomic mass is 9.62. The predicted molar refractivity (Wildman–Crippen MR) is 230 cm³/mol. The topological polar surface area (TPSA) is 40.5 Å². The van der Waals surface area contributed by atoms with Crippen molar-refractivity contribution in [3.05, 3.63) is 211 Å². The molecule has 7 aromatic rings. The quantitative estimate of drug-likeness (QED) is 0.183. The molecule has 4 aliphatic carbocycles. The molecule has 11 rings (SSSR count). The van der Waals surface area contributed by atoms with Crippen molar-refractivity contribution < 1.29 is 10.2 Å². The van der Waals surface area contributed by atoms with Crippen LogP contribution in [0.5, 0.6) is 0 Å². The second-order valence-corrected chi connectivity index (χ2v) is 19.0. The van der Waals surface area contributed by atoms with E-state index in [-0.39, 0.29) is 16.2 Å². The van der Waals surface area contributed by atoms with E-state index in [0.717, 1.165) is 32.3 Å². The van der Waals surface area contributed by atoms with E-state index in [9.17, 15) is 10.2 Å². The Kier molecular flexibility index (Phi) is 6.64. The molecule has 0 aromatic heterocycles. The molecule has 2 unspecified atom stereocenters. The maximum Gasteiger partial charge on any atom is 0.141 e. The molecule has 0 aliphatic heterocycles. The van der Waals surface area contributed by atoms with Crippen LogP contribution in [0.1, 0.15) is 108 Å².